The molecular weight excluding hydrogens is 274 g/mol. The zero-order valence-electron chi connectivity index (χ0n) is 11.2. The highest BCUT2D eigenvalue weighted by Gasteiger charge is 2.11. The fourth-order valence-electron chi connectivity index (χ4n) is 3.13. The van der Waals surface area contributed by atoms with Gasteiger partial charge in [-0.1, -0.05) is 48.5 Å². The second kappa shape index (κ2) is 4.03. The van der Waals surface area contributed by atoms with Crippen molar-refractivity contribution < 1.29 is 0 Å². The number of benzene rings is 3. The monoisotopic (exact) mass is 285 g/mol. The molecular formula is C19H11NS. The lowest BCUT2D eigenvalue weighted by atomic mass is 10.0. The lowest BCUT2D eigenvalue weighted by Crippen LogP contribution is -1.78. The lowest BCUT2D eigenvalue weighted by molar-refractivity contribution is 1.43. The van der Waals surface area contributed by atoms with Crippen LogP contribution in [0, 0.1) is 0 Å². The molecule has 0 aliphatic heterocycles. The highest BCUT2D eigenvalue weighted by molar-refractivity contribution is 7.26. The van der Waals surface area contributed by atoms with Crippen molar-refractivity contribution in [3.63, 3.8) is 0 Å². The van der Waals surface area contributed by atoms with E-state index in [2.05, 4.69) is 59.6 Å². The number of hydrogen-bond acceptors (Lipinski definition) is 2. The summed E-state index contributed by atoms with van der Waals surface area (Å²) in [6.45, 7) is 0. The minimum Gasteiger partial charge on any atom is -0.256 e. The van der Waals surface area contributed by atoms with Crippen LogP contribution in [0.25, 0.3) is 41.8 Å². The van der Waals surface area contributed by atoms with Crippen molar-refractivity contribution in [2.24, 2.45) is 0 Å². The Kier molecular flexibility index (Phi) is 2.15. The Morgan fingerprint density at radius 2 is 1.57 bits per heavy atom. The molecule has 0 radical (unpaired) electrons. The number of thiophene rings is 1. The summed E-state index contributed by atoms with van der Waals surface area (Å²) in [7, 11) is 0. The van der Waals surface area contributed by atoms with Crippen LogP contribution < -0.4 is 0 Å². The van der Waals surface area contributed by atoms with Gasteiger partial charge in [-0.25, -0.2) is 0 Å². The Morgan fingerprint density at radius 1 is 0.714 bits per heavy atom. The highest BCUT2D eigenvalue weighted by Crippen LogP contribution is 2.40. The number of hydrogen-bond donors (Lipinski definition) is 0. The highest BCUT2D eigenvalue weighted by atomic mass is 32.1. The summed E-state index contributed by atoms with van der Waals surface area (Å²) in [6.07, 6.45) is 1.88. The molecule has 1 nitrogen and oxygen atoms in total. The molecule has 98 valence electrons. The number of pyridine rings is 1. The van der Waals surface area contributed by atoms with Crippen molar-refractivity contribution in [1.82, 2.24) is 4.98 Å². The van der Waals surface area contributed by atoms with Crippen LogP contribution in [0.5, 0.6) is 0 Å². The Labute approximate surface area is 125 Å². The van der Waals surface area contributed by atoms with Crippen LogP contribution in [0.15, 0.2) is 66.9 Å². The van der Waals surface area contributed by atoms with Crippen molar-refractivity contribution in [2.45, 2.75) is 0 Å². The number of aromatic nitrogens is 1. The van der Waals surface area contributed by atoms with Gasteiger partial charge in [-0.3, -0.25) is 4.98 Å². The molecule has 0 amide bonds. The van der Waals surface area contributed by atoms with E-state index in [-0.39, 0.29) is 0 Å². The van der Waals surface area contributed by atoms with Crippen LogP contribution in [0.3, 0.4) is 0 Å². The first-order chi connectivity index (χ1) is 10.4. The average molecular weight is 285 g/mol. The molecule has 0 saturated heterocycles. The van der Waals surface area contributed by atoms with Gasteiger partial charge >= 0.3 is 0 Å². The van der Waals surface area contributed by atoms with Crippen LogP contribution in [0.4, 0.5) is 0 Å². The van der Waals surface area contributed by atoms with Gasteiger partial charge in [0.1, 0.15) is 0 Å². The zero-order valence-corrected chi connectivity index (χ0v) is 12.0. The molecule has 0 aliphatic carbocycles. The van der Waals surface area contributed by atoms with Gasteiger partial charge in [-0.2, -0.15) is 0 Å². The van der Waals surface area contributed by atoms with E-state index < -0.39 is 0 Å². The van der Waals surface area contributed by atoms with Crippen molar-refractivity contribution in [3.05, 3.63) is 66.9 Å². The van der Waals surface area contributed by atoms with Gasteiger partial charge in [0.05, 0.1) is 5.52 Å². The van der Waals surface area contributed by atoms with Crippen LogP contribution >= 0.6 is 11.3 Å². The Hall–Kier alpha value is -2.45. The first-order valence-electron chi connectivity index (χ1n) is 6.99. The van der Waals surface area contributed by atoms with E-state index in [0.29, 0.717) is 0 Å². The fraction of sp³-hybridized carbons (Fsp3) is 0. The summed E-state index contributed by atoms with van der Waals surface area (Å²) in [5.41, 5.74) is 1.11. The quantitative estimate of drug-likeness (QED) is 0.353. The summed E-state index contributed by atoms with van der Waals surface area (Å²) < 4.78 is 2.67. The third-order valence-electron chi connectivity index (χ3n) is 4.10. The Bertz CT molecular complexity index is 1140. The molecule has 0 fully saturated rings. The summed E-state index contributed by atoms with van der Waals surface area (Å²) in [4.78, 5) is 4.62. The molecule has 2 aromatic heterocycles. The summed E-state index contributed by atoms with van der Waals surface area (Å²) in [6, 6.07) is 21.6. The van der Waals surface area contributed by atoms with Gasteiger partial charge in [-0.15, -0.1) is 11.3 Å². The van der Waals surface area contributed by atoms with Crippen LogP contribution in [-0.4, -0.2) is 4.98 Å². The molecule has 0 unspecified atom stereocenters. The second-order valence-corrected chi connectivity index (χ2v) is 6.33. The first kappa shape index (κ1) is 11.2. The molecule has 21 heavy (non-hydrogen) atoms. The topological polar surface area (TPSA) is 12.9 Å². The van der Waals surface area contributed by atoms with E-state index >= 15 is 0 Å². The fourth-order valence-corrected chi connectivity index (χ4v) is 4.37. The normalized spacial score (nSPS) is 11.8. The molecule has 0 aliphatic rings. The predicted molar refractivity (Wildman–Crippen MR) is 92.1 cm³/mol. The van der Waals surface area contributed by atoms with Crippen LogP contribution in [0.2, 0.25) is 0 Å². The maximum atomic E-state index is 4.62. The summed E-state index contributed by atoms with van der Waals surface area (Å²) >= 11 is 1.87. The van der Waals surface area contributed by atoms with Crippen molar-refractivity contribution in [1.29, 1.82) is 0 Å². The largest absolute Gasteiger partial charge is 0.256 e. The Balaban J connectivity index is 2.11. The van der Waals surface area contributed by atoms with Crippen molar-refractivity contribution in [3.8, 4) is 0 Å². The van der Waals surface area contributed by atoms with Gasteiger partial charge in [0.2, 0.25) is 0 Å². The van der Waals surface area contributed by atoms with E-state index in [1.165, 1.54) is 36.3 Å². The second-order valence-electron chi connectivity index (χ2n) is 5.28. The Morgan fingerprint density at radius 3 is 2.57 bits per heavy atom. The van der Waals surface area contributed by atoms with Gasteiger partial charge in [0, 0.05) is 31.8 Å². The van der Waals surface area contributed by atoms with E-state index in [4.69, 9.17) is 0 Å². The van der Waals surface area contributed by atoms with Gasteiger partial charge in [-0.05, 0) is 22.9 Å². The van der Waals surface area contributed by atoms with E-state index in [1.807, 2.05) is 23.6 Å². The summed E-state index contributed by atoms with van der Waals surface area (Å²) in [5.74, 6) is 0. The van der Waals surface area contributed by atoms with Gasteiger partial charge in [0.25, 0.3) is 0 Å². The maximum Gasteiger partial charge on any atom is 0.0795 e. The average Bonchev–Trinajstić information content (AvgIpc) is 2.94. The minimum atomic E-state index is 1.11. The number of rotatable bonds is 0. The third-order valence-corrected chi connectivity index (χ3v) is 5.30. The maximum absolute atomic E-state index is 4.62. The van der Waals surface area contributed by atoms with Crippen LogP contribution in [-0.2, 0) is 0 Å². The smallest absolute Gasteiger partial charge is 0.0795 e. The van der Waals surface area contributed by atoms with Crippen LogP contribution in [0.1, 0.15) is 0 Å². The molecule has 0 N–H and O–H groups in total. The minimum absolute atomic E-state index is 1.11. The molecule has 2 heteroatoms. The summed E-state index contributed by atoms with van der Waals surface area (Å²) in [5, 5.41) is 6.45. The molecule has 2 heterocycles. The number of nitrogens with zero attached hydrogens (tertiary/aromatic N) is 1. The predicted octanol–water partition coefficient (Wildman–Crippen LogP) is 5.76. The molecule has 5 rings (SSSR count). The van der Waals surface area contributed by atoms with E-state index in [1.54, 1.807) is 0 Å². The van der Waals surface area contributed by atoms with E-state index in [9.17, 15) is 0 Å². The molecule has 0 atom stereocenters. The molecule has 0 bridgehead atoms. The number of fused-ring (bicyclic) bond motifs is 7. The first-order valence-corrected chi connectivity index (χ1v) is 7.81. The standard InChI is InChI=1S/C19H11NS/c1-2-6-14-12(4-1)7-9-15-17-16(21-19(14)15)10-8-13-5-3-11-20-18(13)17/h1-11H. The van der Waals surface area contributed by atoms with Crippen molar-refractivity contribution in [2.75, 3.05) is 0 Å². The molecule has 3 aromatic carbocycles. The third kappa shape index (κ3) is 1.48. The van der Waals surface area contributed by atoms with E-state index in [0.717, 1.165) is 5.52 Å². The van der Waals surface area contributed by atoms with Gasteiger partial charge < -0.3 is 0 Å². The van der Waals surface area contributed by atoms with Gasteiger partial charge in [0.15, 0.2) is 0 Å². The molecule has 0 saturated carbocycles. The molecule has 0 spiro atoms. The molecule has 5 aromatic rings. The lowest BCUT2D eigenvalue weighted by Gasteiger charge is -2.00. The SMILES string of the molecule is c1ccc2c(c1)ccc1c2sc2ccc3cccnc3c21. The van der Waals surface area contributed by atoms with Crippen molar-refractivity contribution >= 4 is 53.2 Å². The zero-order chi connectivity index (χ0) is 13.8.